The minimum atomic E-state index is 0.863. The van der Waals surface area contributed by atoms with Crippen LogP contribution in [-0.4, -0.2) is 9.78 Å². The standard InChI is InChI=1S/C8H12N2/c1-4-5-8-6-7(2)10(3)9-8/h4,6H,1,5H2,2-3H3. The van der Waals surface area contributed by atoms with E-state index >= 15 is 0 Å². The third kappa shape index (κ3) is 1.26. The molecule has 2 heteroatoms. The molecule has 1 heterocycles. The Balaban J connectivity index is 2.86. The van der Waals surface area contributed by atoms with Gasteiger partial charge in [0, 0.05) is 19.2 Å². The summed E-state index contributed by atoms with van der Waals surface area (Å²) in [6.45, 7) is 5.69. The highest BCUT2D eigenvalue weighted by Crippen LogP contribution is 2.01. The predicted octanol–water partition coefficient (Wildman–Crippen LogP) is 1.46. The van der Waals surface area contributed by atoms with Gasteiger partial charge in [-0.1, -0.05) is 6.08 Å². The molecule has 0 amide bonds. The number of aryl methyl sites for hydroxylation is 2. The fraction of sp³-hybridized carbons (Fsp3) is 0.375. The zero-order valence-corrected chi connectivity index (χ0v) is 6.46. The maximum absolute atomic E-state index is 4.25. The Kier molecular flexibility index (Phi) is 1.90. The Morgan fingerprint density at radius 2 is 2.50 bits per heavy atom. The van der Waals surface area contributed by atoms with Crippen LogP contribution in [0.4, 0.5) is 0 Å². The second-order valence-electron chi connectivity index (χ2n) is 2.39. The van der Waals surface area contributed by atoms with E-state index in [0.29, 0.717) is 0 Å². The highest BCUT2D eigenvalue weighted by molar-refractivity contribution is 5.10. The molecule has 0 spiro atoms. The average Bonchev–Trinajstić information content (AvgIpc) is 2.14. The van der Waals surface area contributed by atoms with Crippen LogP contribution in [0.15, 0.2) is 18.7 Å². The van der Waals surface area contributed by atoms with Crippen molar-refractivity contribution in [3.8, 4) is 0 Å². The Labute approximate surface area is 61.2 Å². The lowest BCUT2D eigenvalue weighted by Gasteiger charge is -1.88. The molecule has 54 valence electrons. The molecule has 2 nitrogen and oxygen atoms in total. The van der Waals surface area contributed by atoms with Crippen molar-refractivity contribution >= 4 is 0 Å². The molecule has 0 bridgehead atoms. The van der Waals surface area contributed by atoms with E-state index in [-0.39, 0.29) is 0 Å². The molecule has 0 fully saturated rings. The minimum Gasteiger partial charge on any atom is -0.273 e. The summed E-state index contributed by atoms with van der Waals surface area (Å²) < 4.78 is 1.87. The second kappa shape index (κ2) is 2.69. The largest absolute Gasteiger partial charge is 0.273 e. The van der Waals surface area contributed by atoms with Crippen LogP contribution in [0.5, 0.6) is 0 Å². The lowest BCUT2D eigenvalue weighted by Crippen LogP contribution is -1.92. The van der Waals surface area contributed by atoms with E-state index in [1.54, 1.807) is 0 Å². The second-order valence-corrected chi connectivity index (χ2v) is 2.39. The summed E-state index contributed by atoms with van der Waals surface area (Å²) in [7, 11) is 1.95. The van der Waals surface area contributed by atoms with Gasteiger partial charge in [0.2, 0.25) is 0 Å². The fourth-order valence-corrected chi connectivity index (χ4v) is 0.883. The highest BCUT2D eigenvalue weighted by Gasteiger charge is 1.96. The first-order valence-electron chi connectivity index (χ1n) is 3.34. The van der Waals surface area contributed by atoms with Crippen LogP contribution in [0.25, 0.3) is 0 Å². The predicted molar refractivity (Wildman–Crippen MR) is 41.8 cm³/mol. The monoisotopic (exact) mass is 136 g/mol. The van der Waals surface area contributed by atoms with Crippen LogP contribution in [-0.2, 0) is 13.5 Å². The van der Waals surface area contributed by atoms with Crippen LogP contribution in [0.2, 0.25) is 0 Å². The van der Waals surface area contributed by atoms with Gasteiger partial charge in [-0.05, 0) is 13.0 Å². The third-order valence-corrected chi connectivity index (χ3v) is 1.52. The zero-order valence-electron chi connectivity index (χ0n) is 6.46. The number of nitrogens with zero attached hydrogens (tertiary/aromatic N) is 2. The van der Waals surface area contributed by atoms with Crippen molar-refractivity contribution in [3.05, 3.63) is 30.1 Å². The summed E-state index contributed by atoms with van der Waals surface area (Å²) in [6, 6.07) is 2.07. The van der Waals surface area contributed by atoms with Gasteiger partial charge in [-0.15, -0.1) is 6.58 Å². The van der Waals surface area contributed by atoms with Gasteiger partial charge in [-0.3, -0.25) is 4.68 Å². The van der Waals surface area contributed by atoms with Crippen molar-refractivity contribution in [2.45, 2.75) is 13.3 Å². The molecule has 1 aromatic heterocycles. The highest BCUT2D eigenvalue weighted by atomic mass is 15.3. The molecule has 0 atom stereocenters. The maximum Gasteiger partial charge on any atom is 0.0664 e. The summed E-state index contributed by atoms with van der Waals surface area (Å²) in [5.74, 6) is 0. The molecule has 0 N–H and O–H groups in total. The average molecular weight is 136 g/mol. The van der Waals surface area contributed by atoms with E-state index < -0.39 is 0 Å². The molecule has 0 aliphatic heterocycles. The minimum absolute atomic E-state index is 0.863. The molecule has 0 aliphatic rings. The van der Waals surface area contributed by atoms with Gasteiger partial charge >= 0.3 is 0 Å². The maximum atomic E-state index is 4.25. The van der Waals surface area contributed by atoms with Gasteiger partial charge in [0.15, 0.2) is 0 Å². The first kappa shape index (κ1) is 7.06. The topological polar surface area (TPSA) is 17.8 Å². The number of rotatable bonds is 2. The Hall–Kier alpha value is -1.05. The molecule has 0 aliphatic carbocycles. The number of hydrogen-bond donors (Lipinski definition) is 0. The normalized spacial score (nSPS) is 9.80. The number of hydrogen-bond acceptors (Lipinski definition) is 1. The third-order valence-electron chi connectivity index (χ3n) is 1.52. The molecule has 1 aromatic rings. The van der Waals surface area contributed by atoms with Crippen molar-refractivity contribution in [3.63, 3.8) is 0 Å². The SMILES string of the molecule is C=CCc1cc(C)n(C)n1. The summed E-state index contributed by atoms with van der Waals surface area (Å²) in [5, 5.41) is 4.25. The Morgan fingerprint density at radius 1 is 1.80 bits per heavy atom. The Bertz CT molecular complexity index is 216. The molecule has 1 rings (SSSR count). The van der Waals surface area contributed by atoms with E-state index in [9.17, 15) is 0 Å². The summed E-state index contributed by atoms with van der Waals surface area (Å²) in [5.41, 5.74) is 2.28. The molecular weight excluding hydrogens is 124 g/mol. The first-order valence-corrected chi connectivity index (χ1v) is 3.34. The number of aromatic nitrogens is 2. The van der Waals surface area contributed by atoms with Gasteiger partial charge in [-0.25, -0.2) is 0 Å². The van der Waals surface area contributed by atoms with Crippen LogP contribution in [0, 0.1) is 6.92 Å². The molecule has 10 heavy (non-hydrogen) atoms. The molecule has 0 aromatic carbocycles. The number of allylic oxidation sites excluding steroid dienone is 1. The van der Waals surface area contributed by atoms with Crippen molar-refractivity contribution in [1.29, 1.82) is 0 Å². The van der Waals surface area contributed by atoms with Crippen molar-refractivity contribution in [1.82, 2.24) is 9.78 Å². The van der Waals surface area contributed by atoms with Crippen molar-refractivity contribution in [2.75, 3.05) is 0 Å². The lowest BCUT2D eigenvalue weighted by atomic mass is 10.3. The summed E-state index contributed by atoms with van der Waals surface area (Å²) in [6.07, 6.45) is 2.73. The van der Waals surface area contributed by atoms with Gasteiger partial charge in [0.1, 0.15) is 0 Å². The molecule has 0 saturated heterocycles. The van der Waals surface area contributed by atoms with E-state index in [4.69, 9.17) is 0 Å². The molecule has 0 unspecified atom stereocenters. The van der Waals surface area contributed by atoms with Crippen LogP contribution >= 0.6 is 0 Å². The smallest absolute Gasteiger partial charge is 0.0664 e. The van der Waals surface area contributed by atoms with Crippen molar-refractivity contribution < 1.29 is 0 Å². The first-order chi connectivity index (χ1) is 4.74. The Morgan fingerprint density at radius 3 is 2.90 bits per heavy atom. The van der Waals surface area contributed by atoms with E-state index in [1.807, 2.05) is 24.7 Å². The van der Waals surface area contributed by atoms with Gasteiger partial charge < -0.3 is 0 Å². The van der Waals surface area contributed by atoms with Crippen LogP contribution in [0.3, 0.4) is 0 Å². The van der Waals surface area contributed by atoms with Gasteiger partial charge in [0.05, 0.1) is 5.69 Å². The van der Waals surface area contributed by atoms with Crippen molar-refractivity contribution in [2.24, 2.45) is 7.05 Å². The van der Waals surface area contributed by atoms with E-state index in [2.05, 4.69) is 17.7 Å². The molecule has 0 radical (unpaired) electrons. The molecule has 0 saturated carbocycles. The van der Waals surface area contributed by atoms with E-state index in [0.717, 1.165) is 12.1 Å². The summed E-state index contributed by atoms with van der Waals surface area (Å²) >= 11 is 0. The van der Waals surface area contributed by atoms with Crippen LogP contribution < -0.4 is 0 Å². The van der Waals surface area contributed by atoms with Crippen LogP contribution in [0.1, 0.15) is 11.4 Å². The quantitative estimate of drug-likeness (QED) is 0.563. The lowest BCUT2D eigenvalue weighted by molar-refractivity contribution is 0.727. The fourth-order valence-electron chi connectivity index (χ4n) is 0.883. The van der Waals surface area contributed by atoms with Gasteiger partial charge in [-0.2, -0.15) is 5.10 Å². The zero-order chi connectivity index (χ0) is 7.56. The molecular formula is C8H12N2. The summed E-state index contributed by atoms with van der Waals surface area (Å²) in [4.78, 5) is 0. The van der Waals surface area contributed by atoms with E-state index in [1.165, 1.54) is 5.69 Å². The van der Waals surface area contributed by atoms with Gasteiger partial charge in [0.25, 0.3) is 0 Å².